The Morgan fingerprint density at radius 1 is 1.19 bits per heavy atom. The van der Waals surface area contributed by atoms with Gasteiger partial charge in [-0.15, -0.1) is 0 Å². The largest absolute Gasteiger partial charge is 0.463 e. The van der Waals surface area contributed by atoms with E-state index in [1.807, 2.05) is 0 Å². The molecule has 0 unspecified atom stereocenters. The van der Waals surface area contributed by atoms with E-state index in [0.717, 1.165) is 22.4 Å². The van der Waals surface area contributed by atoms with Gasteiger partial charge < -0.3 is 15.1 Å². The van der Waals surface area contributed by atoms with Crippen LogP contribution in [0.4, 0.5) is 24.7 Å². The van der Waals surface area contributed by atoms with Crippen LogP contribution in [0.5, 0.6) is 0 Å². The summed E-state index contributed by atoms with van der Waals surface area (Å²) in [5.41, 5.74) is 6.17. The molecule has 4 heterocycles. The van der Waals surface area contributed by atoms with Crippen molar-refractivity contribution in [3.63, 3.8) is 0 Å². The molecule has 1 aliphatic rings. The van der Waals surface area contributed by atoms with E-state index in [1.54, 1.807) is 24.3 Å². The zero-order valence-electron chi connectivity index (χ0n) is 19.5. The molecule has 1 fully saturated rings. The number of alkyl halides is 3. The lowest BCUT2D eigenvalue weighted by Crippen LogP contribution is -2.32. The molecular formula is C25H20F3N7O2. The van der Waals surface area contributed by atoms with Gasteiger partial charge in [-0.3, -0.25) is 9.48 Å². The number of aryl methyl sites for hydroxylation is 1. The van der Waals surface area contributed by atoms with Crippen LogP contribution >= 0.6 is 0 Å². The van der Waals surface area contributed by atoms with Crippen molar-refractivity contribution in [2.24, 2.45) is 7.05 Å². The van der Waals surface area contributed by atoms with Crippen molar-refractivity contribution in [1.82, 2.24) is 24.7 Å². The molecule has 37 heavy (non-hydrogen) atoms. The summed E-state index contributed by atoms with van der Waals surface area (Å²) in [5.74, 6) is 0.479. The van der Waals surface area contributed by atoms with Crippen LogP contribution in [0.2, 0.25) is 0 Å². The smallest absolute Gasteiger partial charge is 0.437 e. The highest BCUT2D eigenvalue weighted by molar-refractivity contribution is 6.07. The molecule has 0 bridgehead atoms. The molecule has 2 N–H and O–H groups in total. The van der Waals surface area contributed by atoms with Gasteiger partial charge in [0.15, 0.2) is 5.69 Å². The normalized spacial score (nSPS) is 13.9. The Morgan fingerprint density at radius 3 is 2.65 bits per heavy atom. The number of rotatable bonds is 5. The maximum atomic E-state index is 13.9. The van der Waals surface area contributed by atoms with Gasteiger partial charge in [0.2, 0.25) is 0 Å². The Morgan fingerprint density at radius 2 is 1.95 bits per heavy atom. The molecule has 1 aromatic carbocycles. The molecule has 1 amide bonds. The monoisotopic (exact) mass is 507 g/mol. The topological polar surface area (TPSA) is 116 Å². The number of nitrogen functional groups attached to an aromatic ring is 1. The average molecular weight is 507 g/mol. The lowest BCUT2D eigenvalue weighted by molar-refractivity contribution is -0.140. The summed E-state index contributed by atoms with van der Waals surface area (Å²) < 4.78 is 48.2. The van der Waals surface area contributed by atoms with E-state index in [2.05, 4.69) is 20.1 Å². The Balaban J connectivity index is 1.43. The average Bonchev–Trinajstić information content (AvgIpc) is 3.45. The van der Waals surface area contributed by atoms with Crippen molar-refractivity contribution in [3.8, 4) is 0 Å². The molecule has 4 aromatic heterocycles. The first kappa shape index (κ1) is 23.0. The van der Waals surface area contributed by atoms with E-state index in [4.69, 9.17) is 10.2 Å². The van der Waals surface area contributed by atoms with Gasteiger partial charge in [-0.2, -0.15) is 18.3 Å². The number of amides is 1. The molecular weight excluding hydrogens is 487 g/mol. The van der Waals surface area contributed by atoms with Crippen molar-refractivity contribution in [1.29, 1.82) is 0 Å². The van der Waals surface area contributed by atoms with Crippen LogP contribution in [0.15, 0.2) is 53.5 Å². The van der Waals surface area contributed by atoms with Crippen molar-refractivity contribution in [2.45, 2.75) is 31.5 Å². The highest BCUT2D eigenvalue weighted by atomic mass is 19.4. The molecule has 0 spiro atoms. The van der Waals surface area contributed by atoms with Crippen LogP contribution in [0.3, 0.4) is 0 Å². The summed E-state index contributed by atoms with van der Waals surface area (Å²) >= 11 is 0. The van der Waals surface area contributed by atoms with E-state index in [-0.39, 0.29) is 29.5 Å². The molecule has 0 atom stereocenters. The van der Waals surface area contributed by atoms with Crippen LogP contribution in [0.1, 0.15) is 46.2 Å². The van der Waals surface area contributed by atoms with Crippen LogP contribution < -0.4 is 10.6 Å². The van der Waals surface area contributed by atoms with E-state index in [9.17, 15) is 18.0 Å². The first-order valence-corrected chi connectivity index (χ1v) is 11.5. The quantitative estimate of drug-likeness (QED) is 0.362. The molecule has 0 aliphatic heterocycles. The number of aromatic nitrogens is 5. The van der Waals surface area contributed by atoms with Gasteiger partial charge in [0.05, 0.1) is 35.0 Å². The first-order chi connectivity index (χ1) is 17.7. The number of carbonyl (C=O) groups excluding carboxylic acids is 1. The molecule has 1 saturated carbocycles. The minimum Gasteiger partial charge on any atom is -0.463 e. The minimum atomic E-state index is -4.77. The van der Waals surface area contributed by atoms with E-state index < -0.39 is 17.8 Å². The van der Waals surface area contributed by atoms with Gasteiger partial charge in [0.25, 0.3) is 5.91 Å². The number of furan rings is 1. The third kappa shape index (κ3) is 4.13. The van der Waals surface area contributed by atoms with Crippen LogP contribution in [0, 0.1) is 0 Å². The fourth-order valence-electron chi connectivity index (χ4n) is 4.35. The number of nitrogens with two attached hydrogens (primary N) is 1. The number of hydrogen-bond acceptors (Lipinski definition) is 7. The zero-order valence-corrected chi connectivity index (χ0v) is 19.5. The second kappa shape index (κ2) is 8.29. The summed E-state index contributed by atoms with van der Waals surface area (Å²) in [6.07, 6.45) is 2.58. The van der Waals surface area contributed by atoms with Gasteiger partial charge in [-0.1, -0.05) is 6.07 Å². The second-order valence-electron chi connectivity index (χ2n) is 9.04. The summed E-state index contributed by atoms with van der Waals surface area (Å²) in [7, 11) is 1.37. The molecule has 12 heteroatoms. The fraction of sp³-hybridized carbons (Fsp3) is 0.240. The third-order valence-electron chi connectivity index (χ3n) is 6.30. The number of halogens is 3. The van der Waals surface area contributed by atoms with Crippen molar-refractivity contribution in [2.75, 3.05) is 10.6 Å². The van der Waals surface area contributed by atoms with Crippen LogP contribution in [-0.4, -0.2) is 30.6 Å². The minimum absolute atomic E-state index is 0.0711. The lowest BCUT2D eigenvalue weighted by atomic mass is 10.1. The number of nitrogens with zero attached hydrogens (tertiary/aromatic N) is 6. The summed E-state index contributed by atoms with van der Waals surface area (Å²) in [4.78, 5) is 27.5. The van der Waals surface area contributed by atoms with Crippen LogP contribution in [-0.2, 0) is 19.8 Å². The molecule has 5 aromatic rings. The molecule has 1 aliphatic carbocycles. The van der Waals surface area contributed by atoms with Crippen molar-refractivity contribution in [3.05, 3.63) is 71.8 Å². The van der Waals surface area contributed by atoms with Gasteiger partial charge in [-0.25, -0.2) is 15.0 Å². The Kier molecular flexibility index (Phi) is 5.14. The molecule has 0 radical (unpaired) electrons. The van der Waals surface area contributed by atoms with Crippen LogP contribution in [0.25, 0.3) is 21.9 Å². The van der Waals surface area contributed by atoms with Gasteiger partial charge in [0, 0.05) is 36.9 Å². The van der Waals surface area contributed by atoms with Gasteiger partial charge in [-0.05, 0) is 36.6 Å². The SMILES string of the molecule is Cn1cc(N(Cc2ccc3c(c2)nc(N)c2ccoc23)C(=O)c2cnc(C3CC3)nc2)c(C(F)(F)F)n1. The van der Waals surface area contributed by atoms with E-state index >= 15 is 0 Å². The zero-order chi connectivity index (χ0) is 25.9. The van der Waals surface area contributed by atoms with Crippen molar-refractivity contribution < 1.29 is 22.4 Å². The maximum Gasteiger partial charge on any atom is 0.437 e. The molecule has 188 valence electrons. The number of hydrogen-bond donors (Lipinski definition) is 1. The summed E-state index contributed by atoms with van der Waals surface area (Å²) in [6.45, 7) is -0.189. The highest BCUT2D eigenvalue weighted by Gasteiger charge is 2.40. The predicted octanol–water partition coefficient (Wildman–Crippen LogP) is 4.83. The van der Waals surface area contributed by atoms with Crippen molar-refractivity contribution >= 4 is 39.3 Å². The van der Waals surface area contributed by atoms with E-state index in [0.29, 0.717) is 33.3 Å². The number of carbonyl (C=O) groups is 1. The number of anilines is 2. The summed E-state index contributed by atoms with van der Waals surface area (Å²) in [5, 5.41) is 4.94. The standard InChI is InChI=1S/C25H20F3N7O2/c1-34-12-19(21(33-34)25(26,27)28)35(24(36)15-9-30-23(31-10-15)14-3-4-14)11-13-2-5-16-18(8-13)32-22(29)17-6-7-37-20(16)17/h2,5-10,12,14H,3-4,11H2,1H3,(H2,29,32). The first-order valence-electron chi connectivity index (χ1n) is 11.5. The third-order valence-corrected chi connectivity index (χ3v) is 6.30. The fourth-order valence-corrected chi connectivity index (χ4v) is 4.35. The number of fused-ring (bicyclic) bond motifs is 3. The Labute approximate surface area is 207 Å². The maximum absolute atomic E-state index is 13.9. The molecule has 9 nitrogen and oxygen atoms in total. The summed E-state index contributed by atoms with van der Waals surface area (Å²) in [6, 6.07) is 6.83. The predicted molar refractivity (Wildman–Crippen MR) is 129 cm³/mol. The molecule has 0 saturated heterocycles. The Hall–Kier alpha value is -4.48. The number of benzene rings is 1. The second-order valence-corrected chi connectivity index (χ2v) is 9.04. The van der Waals surface area contributed by atoms with Gasteiger partial charge >= 0.3 is 6.18 Å². The number of pyridine rings is 1. The lowest BCUT2D eigenvalue weighted by Gasteiger charge is -2.23. The van der Waals surface area contributed by atoms with Gasteiger partial charge in [0.1, 0.15) is 17.2 Å². The Bertz CT molecular complexity index is 1650. The molecule has 6 rings (SSSR count). The highest BCUT2D eigenvalue weighted by Crippen LogP contribution is 2.39. The van der Waals surface area contributed by atoms with E-state index in [1.165, 1.54) is 31.9 Å².